The molecule has 0 bridgehead atoms. The van der Waals surface area contributed by atoms with E-state index < -0.39 is 24.0 Å². The minimum absolute atomic E-state index is 0.00467. The fraction of sp³-hybridized carbons (Fsp3) is 0.304. The zero-order valence-electron chi connectivity index (χ0n) is 16.9. The molecule has 7 nitrogen and oxygen atoms in total. The van der Waals surface area contributed by atoms with Gasteiger partial charge in [0.15, 0.2) is 6.10 Å². The number of hydrogen-bond donors (Lipinski definition) is 0. The van der Waals surface area contributed by atoms with Crippen LogP contribution in [0.4, 0.5) is 5.69 Å². The number of hydrogen-bond acceptors (Lipinski definition) is 6. The smallest absolute Gasteiger partial charge is 0.338 e. The molecule has 0 radical (unpaired) electrons. The van der Waals surface area contributed by atoms with Crippen LogP contribution in [0.5, 0.6) is 0 Å². The van der Waals surface area contributed by atoms with E-state index in [2.05, 4.69) is 0 Å². The Morgan fingerprint density at radius 3 is 2.33 bits per heavy atom. The molecule has 30 heavy (non-hydrogen) atoms. The standard InChI is InChI=1S/C23H23NO6/c1-3-29-22(27)17-9-11-19(12-10-17)24-14-18(13-20(24)25)23(28)30-15(2)21(26)16-7-5-4-6-8-16/h4-12,15,18H,3,13-14H2,1-2H3/t15-,18-/m1/s1. The van der Waals surface area contributed by atoms with Crippen molar-refractivity contribution < 1.29 is 28.7 Å². The number of amides is 1. The number of rotatable bonds is 7. The van der Waals surface area contributed by atoms with E-state index in [-0.39, 0.29) is 31.3 Å². The number of ketones is 1. The van der Waals surface area contributed by atoms with Gasteiger partial charge in [-0.1, -0.05) is 30.3 Å². The van der Waals surface area contributed by atoms with Gasteiger partial charge >= 0.3 is 11.9 Å². The van der Waals surface area contributed by atoms with Crippen LogP contribution in [0.25, 0.3) is 0 Å². The highest BCUT2D eigenvalue weighted by atomic mass is 16.5. The fourth-order valence-corrected chi connectivity index (χ4v) is 3.27. The van der Waals surface area contributed by atoms with Crippen molar-refractivity contribution >= 4 is 29.3 Å². The number of esters is 2. The molecule has 3 rings (SSSR count). The molecular weight excluding hydrogens is 386 g/mol. The summed E-state index contributed by atoms with van der Waals surface area (Å²) in [6.45, 7) is 3.68. The van der Waals surface area contributed by atoms with Crippen LogP contribution >= 0.6 is 0 Å². The Labute approximate surface area is 174 Å². The molecule has 1 saturated heterocycles. The van der Waals surface area contributed by atoms with E-state index >= 15 is 0 Å². The SMILES string of the molecule is CCOC(=O)c1ccc(N2C[C@H](C(=O)O[C@H](C)C(=O)c3ccccc3)CC2=O)cc1. The molecule has 2 aromatic rings. The van der Waals surface area contributed by atoms with Crippen molar-refractivity contribution in [2.45, 2.75) is 26.4 Å². The zero-order chi connectivity index (χ0) is 21.7. The van der Waals surface area contributed by atoms with Gasteiger partial charge in [0.25, 0.3) is 0 Å². The third kappa shape index (κ3) is 4.74. The van der Waals surface area contributed by atoms with Gasteiger partial charge in [0.05, 0.1) is 18.1 Å². The first-order valence-corrected chi connectivity index (χ1v) is 9.78. The lowest BCUT2D eigenvalue weighted by Crippen LogP contribution is -2.30. The number of carbonyl (C=O) groups is 4. The van der Waals surface area contributed by atoms with Crippen LogP contribution in [0.15, 0.2) is 54.6 Å². The van der Waals surface area contributed by atoms with Crippen molar-refractivity contribution in [2.75, 3.05) is 18.1 Å². The Kier molecular flexibility index (Phi) is 6.61. The lowest BCUT2D eigenvalue weighted by atomic mass is 10.1. The van der Waals surface area contributed by atoms with Gasteiger partial charge in [-0.3, -0.25) is 14.4 Å². The van der Waals surface area contributed by atoms with Gasteiger partial charge in [-0.25, -0.2) is 4.79 Å². The van der Waals surface area contributed by atoms with E-state index in [1.54, 1.807) is 61.5 Å². The summed E-state index contributed by atoms with van der Waals surface area (Å²) < 4.78 is 10.3. The normalized spacial score (nSPS) is 16.8. The number of anilines is 1. The van der Waals surface area contributed by atoms with Gasteiger partial charge in [0.1, 0.15) is 0 Å². The second-order valence-corrected chi connectivity index (χ2v) is 6.98. The summed E-state index contributed by atoms with van der Waals surface area (Å²) in [7, 11) is 0. The molecule has 0 saturated carbocycles. The van der Waals surface area contributed by atoms with Gasteiger partial charge in [0, 0.05) is 24.2 Å². The van der Waals surface area contributed by atoms with E-state index in [9.17, 15) is 19.2 Å². The van der Waals surface area contributed by atoms with Crippen LogP contribution in [0.3, 0.4) is 0 Å². The molecule has 1 heterocycles. The topological polar surface area (TPSA) is 90.0 Å². The average molecular weight is 409 g/mol. The molecule has 0 aromatic heterocycles. The van der Waals surface area contributed by atoms with Gasteiger partial charge in [-0.05, 0) is 38.1 Å². The Morgan fingerprint density at radius 2 is 1.70 bits per heavy atom. The van der Waals surface area contributed by atoms with E-state index in [0.29, 0.717) is 16.8 Å². The monoisotopic (exact) mass is 409 g/mol. The van der Waals surface area contributed by atoms with Crippen LogP contribution in [0.1, 0.15) is 41.0 Å². The molecule has 0 unspecified atom stereocenters. The molecule has 156 valence electrons. The molecule has 0 N–H and O–H groups in total. The van der Waals surface area contributed by atoms with Crippen molar-refractivity contribution in [3.63, 3.8) is 0 Å². The van der Waals surface area contributed by atoms with E-state index in [0.717, 1.165) is 0 Å². The predicted octanol–water partition coefficient (Wildman–Crippen LogP) is 3.03. The largest absolute Gasteiger partial charge is 0.462 e. The maximum atomic E-state index is 12.5. The summed E-state index contributed by atoms with van der Waals surface area (Å²) in [5.74, 6) is -2.18. The highest BCUT2D eigenvalue weighted by Gasteiger charge is 2.37. The van der Waals surface area contributed by atoms with Crippen LogP contribution in [-0.4, -0.2) is 42.9 Å². The molecule has 2 aromatic carbocycles. The third-order valence-corrected chi connectivity index (χ3v) is 4.87. The molecule has 0 spiro atoms. The fourth-order valence-electron chi connectivity index (χ4n) is 3.27. The first kappa shape index (κ1) is 21.2. The molecule has 7 heteroatoms. The van der Waals surface area contributed by atoms with Gasteiger partial charge < -0.3 is 14.4 Å². The maximum Gasteiger partial charge on any atom is 0.338 e. The number of carbonyl (C=O) groups excluding carboxylic acids is 4. The molecule has 1 fully saturated rings. The first-order valence-electron chi connectivity index (χ1n) is 9.78. The predicted molar refractivity (Wildman–Crippen MR) is 109 cm³/mol. The molecule has 0 aliphatic carbocycles. The Morgan fingerprint density at radius 1 is 1.03 bits per heavy atom. The highest BCUT2D eigenvalue weighted by Crippen LogP contribution is 2.27. The molecule has 1 aliphatic rings. The minimum Gasteiger partial charge on any atom is -0.462 e. The van der Waals surface area contributed by atoms with Gasteiger partial charge in [0.2, 0.25) is 11.7 Å². The average Bonchev–Trinajstić information content (AvgIpc) is 3.16. The summed E-state index contributed by atoms with van der Waals surface area (Å²) >= 11 is 0. The maximum absolute atomic E-state index is 12.5. The number of nitrogens with zero attached hydrogens (tertiary/aromatic N) is 1. The van der Waals surface area contributed by atoms with Gasteiger partial charge in [-0.15, -0.1) is 0 Å². The summed E-state index contributed by atoms with van der Waals surface area (Å²) in [5, 5.41) is 0. The first-order chi connectivity index (χ1) is 14.4. The van der Waals surface area contributed by atoms with Crippen LogP contribution in [-0.2, 0) is 19.1 Å². The van der Waals surface area contributed by atoms with Crippen LogP contribution in [0, 0.1) is 5.92 Å². The summed E-state index contributed by atoms with van der Waals surface area (Å²) in [4.78, 5) is 50.5. The second-order valence-electron chi connectivity index (χ2n) is 6.98. The summed E-state index contributed by atoms with van der Waals surface area (Å²) in [6, 6.07) is 15.0. The van der Waals surface area contributed by atoms with Crippen molar-refractivity contribution in [1.82, 2.24) is 0 Å². The Hall–Kier alpha value is -3.48. The quantitative estimate of drug-likeness (QED) is 0.516. The minimum atomic E-state index is -0.937. The van der Waals surface area contributed by atoms with Gasteiger partial charge in [-0.2, -0.15) is 0 Å². The lowest BCUT2D eigenvalue weighted by molar-refractivity contribution is -0.151. The zero-order valence-corrected chi connectivity index (χ0v) is 16.9. The molecule has 2 atom stereocenters. The second kappa shape index (κ2) is 9.35. The van der Waals surface area contributed by atoms with Crippen LogP contribution < -0.4 is 4.90 Å². The molecular formula is C23H23NO6. The third-order valence-electron chi connectivity index (χ3n) is 4.87. The number of Topliss-reactive ketones (excluding diaryl/α,β-unsaturated/α-hetero) is 1. The van der Waals surface area contributed by atoms with Crippen molar-refractivity contribution in [3.8, 4) is 0 Å². The number of benzene rings is 2. The summed E-state index contributed by atoms with van der Waals surface area (Å²) in [5.41, 5.74) is 1.43. The molecule has 1 aliphatic heterocycles. The highest BCUT2D eigenvalue weighted by molar-refractivity contribution is 6.02. The van der Waals surface area contributed by atoms with Crippen LogP contribution in [0.2, 0.25) is 0 Å². The van der Waals surface area contributed by atoms with E-state index in [1.165, 1.54) is 11.8 Å². The summed E-state index contributed by atoms with van der Waals surface area (Å²) in [6.07, 6.45) is -0.932. The number of ether oxygens (including phenoxy) is 2. The Bertz CT molecular complexity index is 938. The van der Waals surface area contributed by atoms with Crippen molar-refractivity contribution in [1.29, 1.82) is 0 Å². The van der Waals surface area contributed by atoms with Crippen molar-refractivity contribution in [2.24, 2.45) is 5.92 Å². The lowest BCUT2D eigenvalue weighted by Gasteiger charge is -2.18. The van der Waals surface area contributed by atoms with E-state index in [4.69, 9.17) is 9.47 Å². The Balaban J connectivity index is 1.61. The van der Waals surface area contributed by atoms with E-state index in [1.807, 2.05) is 0 Å². The van der Waals surface area contributed by atoms with Crippen molar-refractivity contribution in [3.05, 3.63) is 65.7 Å². The molecule has 1 amide bonds.